The Morgan fingerprint density at radius 2 is 2.08 bits per heavy atom. The lowest BCUT2D eigenvalue weighted by atomic mass is 10.3. The Bertz CT molecular complexity index is 765. The SMILES string of the molecule is CCCSCc1cc(=O)[nH]c(SC(C)C(=O)Nc2ccc(Br)cc2)n1. The number of halogens is 1. The summed E-state index contributed by atoms with van der Waals surface area (Å²) in [6.45, 7) is 3.91. The van der Waals surface area contributed by atoms with E-state index in [0.717, 1.165) is 28.0 Å². The normalized spacial score (nSPS) is 12.0. The van der Waals surface area contributed by atoms with Crippen LogP contribution in [-0.4, -0.2) is 26.9 Å². The van der Waals surface area contributed by atoms with Gasteiger partial charge in [-0.1, -0.05) is 34.6 Å². The van der Waals surface area contributed by atoms with Gasteiger partial charge in [0.25, 0.3) is 5.56 Å². The molecule has 1 amide bonds. The number of aromatic amines is 1. The molecule has 0 aliphatic rings. The highest BCUT2D eigenvalue weighted by Crippen LogP contribution is 2.21. The number of carbonyl (C=O) groups is 1. The van der Waals surface area contributed by atoms with Crippen molar-refractivity contribution in [2.75, 3.05) is 11.1 Å². The first kappa shape index (κ1) is 20.1. The summed E-state index contributed by atoms with van der Waals surface area (Å²) in [5.41, 5.74) is 1.28. The van der Waals surface area contributed by atoms with Gasteiger partial charge in [-0.25, -0.2) is 4.98 Å². The summed E-state index contributed by atoms with van der Waals surface area (Å²) in [6, 6.07) is 8.89. The molecule has 1 atom stereocenters. The van der Waals surface area contributed by atoms with E-state index in [0.29, 0.717) is 10.9 Å². The minimum absolute atomic E-state index is 0.138. The predicted molar refractivity (Wildman–Crippen MR) is 109 cm³/mol. The molecule has 2 aromatic rings. The second kappa shape index (κ2) is 10.0. The van der Waals surface area contributed by atoms with E-state index in [1.54, 1.807) is 18.7 Å². The summed E-state index contributed by atoms with van der Waals surface area (Å²) in [7, 11) is 0. The van der Waals surface area contributed by atoms with Crippen molar-refractivity contribution in [3.05, 3.63) is 50.9 Å². The van der Waals surface area contributed by atoms with E-state index >= 15 is 0 Å². The largest absolute Gasteiger partial charge is 0.325 e. The summed E-state index contributed by atoms with van der Waals surface area (Å²) in [5.74, 6) is 1.59. The van der Waals surface area contributed by atoms with Gasteiger partial charge in [0.2, 0.25) is 5.91 Å². The number of thioether (sulfide) groups is 2. The first-order valence-corrected chi connectivity index (χ1v) is 10.7. The molecule has 1 aromatic heterocycles. The van der Waals surface area contributed by atoms with E-state index in [1.807, 2.05) is 24.3 Å². The van der Waals surface area contributed by atoms with Crippen molar-refractivity contribution in [2.24, 2.45) is 0 Å². The minimum atomic E-state index is -0.384. The van der Waals surface area contributed by atoms with Crippen LogP contribution in [0.3, 0.4) is 0 Å². The molecule has 2 rings (SSSR count). The predicted octanol–water partition coefficient (Wildman–Crippen LogP) is 4.29. The van der Waals surface area contributed by atoms with Crippen LogP contribution in [0.2, 0.25) is 0 Å². The Labute approximate surface area is 163 Å². The molecule has 0 saturated carbocycles. The molecular weight excluding hydrogens is 422 g/mol. The number of hydrogen-bond acceptors (Lipinski definition) is 5. The summed E-state index contributed by atoms with van der Waals surface area (Å²) >= 11 is 6.35. The maximum absolute atomic E-state index is 12.3. The monoisotopic (exact) mass is 441 g/mol. The van der Waals surface area contributed by atoms with Gasteiger partial charge in [-0.2, -0.15) is 11.8 Å². The van der Waals surface area contributed by atoms with Gasteiger partial charge in [-0.3, -0.25) is 9.59 Å². The Balaban J connectivity index is 1.98. The van der Waals surface area contributed by atoms with Crippen LogP contribution < -0.4 is 10.9 Å². The maximum Gasteiger partial charge on any atom is 0.251 e. The maximum atomic E-state index is 12.3. The lowest BCUT2D eigenvalue weighted by molar-refractivity contribution is -0.115. The van der Waals surface area contributed by atoms with Crippen LogP contribution in [0, 0.1) is 0 Å². The number of rotatable bonds is 8. The standard InChI is InChI=1S/C17H20BrN3O2S2/c1-3-8-24-10-14-9-15(22)21-17(20-14)25-11(2)16(23)19-13-6-4-12(18)5-7-13/h4-7,9,11H,3,8,10H2,1-2H3,(H,19,23)(H,20,21,22). The molecule has 0 aliphatic carbocycles. The molecule has 1 unspecified atom stereocenters. The van der Waals surface area contributed by atoms with E-state index in [1.165, 1.54) is 17.8 Å². The molecule has 25 heavy (non-hydrogen) atoms. The van der Waals surface area contributed by atoms with Gasteiger partial charge in [0, 0.05) is 22.0 Å². The van der Waals surface area contributed by atoms with Gasteiger partial charge in [-0.05, 0) is 43.4 Å². The third-order valence-electron chi connectivity index (χ3n) is 3.14. The number of carbonyl (C=O) groups excluding carboxylic acids is 1. The number of aromatic nitrogens is 2. The van der Waals surface area contributed by atoms with E-state index in [9.17, 15) is 9.59 Å². The second-order valence-corrected chi connectivity index (χ2v) is 8.70. The van der Waals surface area contributed by atoms with Crippen LogP contribution in [-0.2, 0) is 10.5 Å². The van der Waals surface area contributed by atoms with Crippen LogP contribution in [0.1, 0.15) is 26.0 Å². The fourth-order valence-electron chi connectivity index (χ4n) is 1.93. The van der Waals surface area contributed by atoms with Crippen molar-refractivity contribution in [2.45, 2.75) is 36.4 Å². The van der Waals surface area contributed by atoms with Crippen LogP contribution in [0.25, 0.3) is 0 Å². The van der Waals surface area contributed by atoms with E-state index in [-0.39, 0.29) is 16.7 Å². The topological polar surface area (TPSA) is 74.8 Å². The van der Waals surface area contributed by atoms with E-state index < -0.39 is 0 Å². The van der Waals surface area contributed by atoms with Crippen LogP contribution in [0.15, 0.2) is 44.8 Å². The first-order valence-electron chi connectivity index (χ1n) is 7.89. The molecule has 8 heteroatoms. The smallest absolute Gasteiger partial charge is 0.251 e. The number of benzene rings is 1. The molecule has 0 spiro atoms. The Hall–Kier alpha value is -1.25. The minimum Gasteiger partial charge on any atom is -0.325 e. The Morgan fingerprint density at radius 1 is 1.36 bits per heavy atom. The second-order valence-electron chi connectivity index (χ2n) is 5.35. The molecule has 1 heterocycles. The third kappa shape index (κ3) is 6.87. The molecular formula is C17H20BrN3O2S2. The zero-order valence-electron chi connectivity index (χ0n) is 14.0. The van der Waals surface area contributed by atoms with Crippen molar-refractivity contribution in [1.82, 2.24) is 9.97 Å². The molecule has 2 N–H and O–H groups in total. The number of H-pyrrole nitrogens is 1. The zero-order chi connectivity index (χ0) is 18.2. The van der Waals surface area contributed by atoms with Crippen LogP contribution >= 0.6 is 39.5 Å². The third-order valence-corrected chi connectivity index (χ3v) is 5.85. The molecule has 1 aromatic carbocycles. The van der Waals surface area contributed by atoms with Gasteiger partial charge >= 0.3 is 0 Å². The summed E-state index contributed by atoms with van der Waals surface area (Å²) < 4.78 is 0.951. The van der Waals surface area contributed by atoms with Crippen molar-refractivity contribution in [1.29, 1.82) is 0 Å². The number of nitrogens with zero attached hydrogens (tertiary/aromatic N) is 1. The molecule has 0 fully saturated rings. The van der Waals surface area contributed by atoms with Crippen LogP contribution in [0.5, 0.6) is 0 Å². The highest BCUT2D eigenvalue weighted by molar-refractivity contribution is 9.10. The van der Waals surface area contributed by atoms with Gasteiger partial charge in [-0.15, -0.1) is 0 Å². The molecule has 0 saturated heterocycles. The molecule has 0 bridgehead atoms. The van der Waals surface area contributed by atoms with E-state index in [2.05, 4.69) is 38.1 Å². The highest BCUT2D eigenvalue weighted by Gasteiger charge is 2.16. The number of anilines is 1. The van der Waals surface area contributed by atoms with Gasteiger partial charge in [0.15, 0.2) is 5.16 Å². The lowest BCUT2D eigenvalue weighted by Gasteiger charge is -2.12. The first-order chi connectivity index (χ1) is 12.0. The number of nitrogens with one attached hydrogen (secondary N) is 2. The average Bonchev–Trinajstić information content (AvgIpc) is 2.56. The average molecular weight is 442 g/mol. The zero-order valence-corrected chi connectivity index (χ0v) is 17.3. The van der Waals surface area contributed by atoms with Crippen molar-refractivity contribution in [3.63, 3.8) is 0 Å². The van der Waals surface area contributed by atoms with Crippen LogP contribution in [0.4, 0.5) is 5.69 Å². The number of amides is 1. The molecule has 0 radical (unpaired) electrons. The van der Waals surface area contributed by atoms with Gasteiger partial charge in [0.1, 0.15) is 0 Å². The Kier molecular flexibility index (Phi) is 8.05. The van der Waals surface area contributed by atoms with Crippen molar-refractivity contribution < 1.29 is 4.79 Å². The van der Waals surface area contributed by atoms with Gasteiger partial charge < -0.3 is 10.3 Å². The molecule has 0 aliphatic heterocycles. The number of hydrogen-bond donors (Lipinski definition) is 2. The van der Waals surface area contributed by atoms with Gasteiger partial charge in [0.05, 0.1) is 10.9 Å². The lowest BCUT2D eigenvalue weighted by Crippen LogP contribution is -2.23. The summed E-state index contributed by atoms with van der Waals surface area (Å²) in [5, 5.41) is 2.94. The quantitative estimate of drug-likeness (QED) is 0.362. The van der Waals surface area contributed by atoms with Crippen molar-refractivity contribution >= 4 is 51.0 Å². The molecule has 5 nitrogen and oxygen atoms in total. The Morgan fingerprint density at radius 3 is 2.76 bits per heavy atom. The van der Waals surface area contributed by atoms with E-state index in [4.69, 9.17) is 0 Å². The fraction of sp³-hybridized carbons (Fsp3) is 0.353. The van der Waals surface area contributed by atoms with Crippen molar-refractivity contribution in [3.8, 4) is 0 Å². The highest BCUT2D eigenvalue weighted by atomic mass is 79.9. The molecule has 134 valence electrons. The summed E-state index contributed by atoms with van der Waals surface area (Å²) in [4.78, 5) is 31.3. The fourth-order valence-corrected chi connectivity index (χ4v) is 3.82. The summed E-state index contributed by atoms with van der Waals surface area (Å²) in [6.07, 6.45) is 1.09.